The molecule has 0 amide bonds. The minimum Gasteiger partial charge on any atom is -0.462 e. The van der Waals surface area contributed by atoms with Gasteiger partial charge in [0.1, 0.15) is 13.2 Å². The van der Waals surface area contributed by atoms with Gasteiger partial charge in [0.25, 0.3) is 0 Å². The highest BCUT2D eigenvalue weighted by atomic mass is 16.6. The van der Waals surface area contributed by atoms with E-state index in [4.69, 9.17) is 14.2 Å². The average molecular weight is 877 g/mol. The van der Waals surface area contributed by atoms with E-state index in [9.17, 15) is 14.4 Å². The van der Waals surface area contributed by atoms with Crippen LogP contribution in [0, 0.1) is 11.8 Å². The maximum atomic E-state index is 12.8. The zero-order valence-electron chi connectivity index (χ0n) is 42.5. The van der Waals surface area contributed by atoms with Gasteiger partial charge in [0.2, 0.25) is 0 Å². The Morgan fingerprint density at radius 2 is 0.613 bits per heavy atom. The third kappa shape index (κ3) is 47.9. The monoisotopic (exact) mass is 877 g/mol. The molecular weight excluding hydrogens is 769 g/mol. The van der Waals surface area contributed by atoms with Crippen LogP contribution in [0.1, 0.15) is 311 Å². The Balaban J connectivity index is 4.31. The van der Waals surface area contributed by atoms with Crippen molar-refractivity contribution in [1.29, 1.82) is 0 Å². The molecule has 0 rings (SSSR count). The van der Waals surface area contributed by atoms with Gasteiger partial charge in [-0.2, -0.15) is 0 Å². The number of carbonyl (C=O) groups excluding carboxylic acids is 3. The van der Waals surface area contributed by atoms with Crippen molar-refractivity contribution < 1.29 is 28.6 Å². The Labute approximate surface area is 387 Å². The second-order valence-corrected chi connectivity index (χ2v) is 19.9. The van der Waals surface area contributed by atoms with E-state index in [1.807, 2.05) is 0 Å². The second-order valence-electron chi connectivity index (χ2n) is 19.9. The topological polar surface area (TPSA) is 78.9 Å². The number of unbranched alkanes of at least 4 members (excludes halogenated alkanes) is 34. The molecule has 62 heavy (non-hydrogen) atoms. The van der Waals surface area contributed by atoms with Crippen molar-refractivity contribution >= 4 is 17.9 Å². The lowest BCUT2D eigenvalue weighted by molar-refractivity contribution is -0.167. The summed E-state index contributed by atoms with van der Waals surface area (Å²) in [6.45, 7) is 11.4. The van der Waals surface area contributed by atoms with Gasteiger partial charge < -0.3 is 14.2 Å². The summed E-state index contributed by atoms with van der Waals surface area (Å²) in [6.07, 6.45) is 50.8. The third-order valence-electron chi connectivity index (χ3n) is 13.1. The molecule has 0 saturated carbocycles. The number of carbonyl (C=O) groups is 3. The Kier molecular flexibility index (Phi) is 47.6. The van der Waals surface area contributed by atoms with Crippen molar-refractivity contribution in [1.82, 2.24) is 0 Å². The van der Waals surface area contributed by atoms with Crippen LogP contribution >= 0.6 is 0 Å². The van der Waals surface area contributed by atoms with Crippen molar-refractivity contribution in [2.45, 2.75) is 317 Å². The van der Waals surface area contributed by atoms with Crippen LogP contribution in [-0.4, -0.2) is 37.2 Å². The van der Waals surface area contributed by atoms with E-state index in [1.54, 1.807) is 0 Å². The van der Waals surface area contributed by atoms with Crippen molar-refractivity contribution in [2.75, 3.05) is 13.2 Å². The lowest BCUT2D eigenvalue weighted by Crippen LogP contribution is -2.30. The van der Waals surface area contributed by atoms with Crippen LogP contribution in [0.3, 0.4) is 0 Å². The maximum Gasteiger partial charge on any atom is 0.306 e. The summed E-state index contributed by atoms with van der Waals surface area (Å²) in [6, 6.07) is 0. The fourth-order valence-electron chi connectivity index (χ4n) is 8.49. The highest BCUT2D eigenvalue weighted by molar-refractivity contribution is 5.71. The molecule has 0 aliphatic heterocycles. The third-order valence-corrected chi connectivity index (χ3v) is 13.1. The maximum absolute atomic E-state index is 12.8. The summed E-state index contributed by atoms with van der Waals surface area (Å²) in [5, 5.41) is 0. The normalized spacial score (nSPS) is 12.5. The summed E-state index contributed by atoms with van der Waals surface area (Å²) >= 11 is 0. The van der Waals surface area contributed by atoms with Gasteiger partial charge in [0.05, 0.1) is 0 Å². The van der Waals surface area contributed by atoms with Crippen molar-refractivity contribution in [2.24, 2.45) is 11.8 Å². The number of esters is 3. The molecule has 6 nitrogen and oxygen atoms in total. The van der Waals surface area contributed by atoms with Gasteiger partial charge in [-0.1, -0.05) is 272 Å². The predicted octanol–water partition coefficient (Wildman–Crippen LogP) is 18.1. The lowest BCUT2D eigenvalue weighted by atomic mass is 9.99. The number of hydrogen-bond donors (Lipinski definition) is 0. The molecule has 0 saturated heterocycles. The number of rotatable bonds is 50. The van der Waals surface area contributed by atoms with Crippen LogP contribution in [0.4, 0.5) is 0 Å². The van der Waals surface area contributed by atoms with Gasteiger partial charge in [0, 0.05) is 19.3 Å². The molecule has 6 heteroatoms. The lowest BCUT2D eigenvalue weighted by Gasteiger charge is -2.18. The minimum atomic E-state index is -0.762. The van der Waals surface area contributed by atoms with Gasteiger partial charge >= 0.3 is 17.9 Å². The quantitative estimate of drug-likeness (QED) is 0.0344. The molecule has 0 aromatic heterocycles. The van der Waals surface area contributed by atoms with E-state index in [0.717, 1.165) is 69.6 Å². The van der Waals surface area contributed by atoms with Crippen LogP contribution in [0.15, 0.2) is 0 Å². The SMILES string of the molecule is CCCCCCCCCCCCCCCCC(=O)OC[C@@H](COC(=O)CCCCCCCCCCCCCCCC(C)C)OC(=O)CCCCCCCCCCCCC(C)CC. The molecule has 0 N–H and O–H groups in total. The summed E-state index contributed by atoms with van der Waals surface area (Å²) in [7, 11) is 0. The fourth-order valence-corrected chi connectivity index (χ4v) is 8.49. The standard InChI is InChI=1S/C56H108O6/c1-6-8-9-10-11-12-13-14-17-20-26-31-36-41-46-54(57)60-49-53(62-56(59)48-43-38-33-28-23-22-25-30-35-40-45-52(5)7-2)50-61-55(58)47-42-37-32-27-21-18-15-16-19-24-29-34-39-44-51(3)4/h51-53H,6-50H2,1-5H3/t52?,53-/m0/s1. The smallest absolute Gasteiger partial charge is 0.306 e. The van der Waals surface area contributed by atoms with Crippen LogP contribution in [0.2, 0.25) is 0 Å². The molecule has 0 aromatic carbocycles. The van der Waals surface area contributed by atoms with E-state index >= 15 is 0 Å². The largest absolute Gasteiger partial charge is 0.462 e. The van der Waals surface area contributed by atoms with E-state index in [0.29, 0.717) is 19.3 Å². The molecule has 0 aliphatic carbocycles. The zero-order chi connectivity index (χ0) is 45.4. The molecule has 0 radical (unpaired) electrons. The highest BCUT2D eigenvalue weighted by Gasteiger charge is 2.19. The van der Waals surface area contributed by atoms with Crippen molar-refractivity contribution in [3.63, 3.8) is 0 Å². The Morgan fingerprint density at radius 1 is 0.339 bits per heavy atom. The molecule has 0 bridgehead atoms. The van der Waals surface area contributed by atoms with E-state index < -0.39 is 6.10 Å². The van der Waals surface area contributed by atoms with E-state index in [2.05, 4.69) is 34.6 Å². The predicted molar refractivity (Wildman–Crippen MR) is 266 cm³/mol. The molecule has 368 valence electrons. The first kappa shape index (κ1) is 60.4. The molecule has 0 heterocycles. The first-order chi connectivity index (χ1) is 30.3. The van der Waals surface area contributed by atoms with Crippen LogP contribution < -0.4 is 0 Å². The van der Waals surface area contributed by atoms with Gasteiger partial charge in [0.15, 0.2) is 6.10 Å². The summed E-state index contributed by atoms with van der Waals surface area (Å²) < 4.78 is 16.9. The van der Waals surface area contributed by atoms with Crippen molar-refractivity contribution in [3.8, 4) is 0 Å². The van der Waals surface area contributed by atoms with Crippen LogP contribution in [-0.2, 0) is 28.6 Å². The van der Waals surface area contributed by atoms with Gasteiger partial charge in [-0.3, -0.25) is 14.4 Å². The molecule has 0 spiro atoms. The number of hydrogen-bond acceptors (Lipinski definition) is 6. The average Bonchev–Trinajstić information content (AvgIpc) is 3.26. The molecular formula is C56H108O6. The van der Waals surface area contributed by atoms with Crippen LogP contribution in [0.25, 0.3) is 0 Å². The molecule has 1 unspecified atom stereocenters. The van der Waals surface area contributed by atoms with Gasteiger partial charge in [-0.25, -0.2) is 0 Å². The van der Waals surface area contributed by atoms with Gasteiger partial charge in [-0.05, 0) is 31.1 Å². The molecule has 0 aromatic rings. The molecule has 0 aliphatic rings. The summed E-state index contributed by atoms with van der Waals surface area (Å²) in [4.78, 5) is 38.1. The molecule has 0 fully saturated rings. The Morgan fingerprint density at radius 3 is 0.919 bits per heavy atom. The van der Waals surface area contributed by atoms with Gasteiger partial charge in [-0.15, -0.1) is 0 Å². The van der Waals surface area contributed by atoms with Crippen LogP contribution in [0.5, 0.6) is 0 Å². The van der Waals surface area contributed by atoms with E-state index in [1.165, 1.54) is 199 Å². The number of ether oxygens (including phenoxy) is 3. The fraction of sp³-hybridized carbons (Fsp3) is 0.946. The summed E-state index contributed by atoms with van der Waals surface area (Å²) in [5.74, 6) is 0.865. The van der Waals surface area contributed by atoms with Crippen molar-refractivity contribution in [3.05, 3.63) is 0 Å². The second kappa shape index (κ2) is 48.9. The van der Waals surface area contributed by atoms with E-state index in [-0.39, 0.29) is 31.1 Å². The Bertz CT molecular complexity index is 949. The minimum absolute atomic E-state index is 0.0631. The zero-order valence-corrected chi connectivity index (χ0v) is 42.5. The first-order valence-electron chi connectivity index (χ1n) is 27.8. The first-order valence-corrected chi connectivity index (χ1v) is 27.8. The summed E-state index contributed by atoms with van der Waals surface area (Å²) in [5.41, 5.74) is 0. The molecule has 2 atom stereocenters. The highest BCUT2D eigenvalue weighted by Crippen LogP contribution is 2.18. The Hall–Kier alpha value is -1.59.